The molecule has 156 valence electrons. The molecule has 1 amide bonds. The maximum atomic E-state index is 12.4. The minimum absolute atomic E-state index is 0.0255. The third-order valence-corrected chi connectivity index (χ3v) is 4.63. The Bertz CT molecular complexity index is 1070. The molecule has 0 saturated heterocycles. The number of benzene rings is 2. The normalized spacial score (nSPS) is 11.2. The van der Waals surface area contributed by atoms with E-state index in [0.717, 1.165) is 0 Å². The van der Waals surface area contributed by atoms with Gasteiger partial charge in [-0.2, -0.15) is 5.10 Å². The second-order valence-corrected chi connectivity index (χ2v) is 8.00. The van der Waals surface area contributed by atoms with E-state index < -0.39 is 10.8 Å². The Morgan fingerprint density at radius 1 is 1.17 bits per heavy atom. The summed E-state index contributed by atoms with van der Waals surface area (Å²) in [5.41, 5.74) is 2.58. The van der Waals surface area contributed by atoms with Gasteiger partial charge in [-0.15, -0.1) is 0 Å². The van der Waals surface area contributed by atoms with E-state index in [4.69, 9.17) is 4.74 Å². The molecule has 0 aliphatic heterocycles. The van der Waals surface area contributed by atoms with E-state index in [0.29, 0.717) is 17.0 Å². The summed E-state index contributed by atoms with van der Waals surface area (Å²) in [4.78, 5) is 22.8. The van der Waals surface area contributed by atoms with Crippen molar-refractivity contribution in [2.75, 3.05) is 5.32 Å². The van der Waals surface area contributed by atoms with Crippen LogP contribution in [-0.2, 0) is 12.1 Å². The maximum Gasteiger partial charge on any atom is 0.276 e. The average molecular weight is 408 g/mol. The molecule has 1 N–H and O–H groups in total. The molecule has 0 spiro atoms. The highest BCUT2D eigenvalue weighted by atomic mass is 16.6. The van der Waals surface area contributed by atoms with Crippen molar-refractivity contribution in [3.05, 3.63) is 81.7 Å². The number of rotatable bonds is 6. The molecule has 0 unspecified atom stereocenters. The van der Waals surface area contributed by atoms with E-state index in [-0.39, 0.29) is 23.5 Å². The van der Waals surface area contributed by atoms with E-state index in [1.807, 2.05) is 24.3 Å². The Labute approximate surface area is 174 Å². The van der Waals surface area contributed by atoms with Crippen LogP contribution in [0.5, 0.6) is 5.75 Å². The molecule has 0 radical (unpaired) electrons. The number of nitro groups is 1. The Balaban J connectivity index is 1.60. The van der Waals surface area contributed by atoms with Crippen LogP contribution in [0.25, 0.3) is 0 Å². The van der Waals surface area contributed by atoms with Gasteiger partial charge in [-0.25, -0.2) is 4.68 Å². The fraction of sp³-hybridized carbons (Fsp3) is 0.273. The molecule has 8 heteroatoms. The summed E-state index contributed by atoms with van der Waals surface area (Å²) in [6, 6.07) is 13.7. The molecule has 30 heavy (non-hydrogen) atoms. The summed E-state index contributed by atoms with van der Waals surface area (Å²) in [5, 5.41) is 17.8. The number of aromatic nitrogens is 2. The summed E-state index contributed by atoms with van der Waals surface area (Å²) in [6.45, 7) is 8.31. The van der Waals surface area contributed by atoms with Gasteiger partial charge in [0.05, 0.1) is 4.92 Å². The fourth-order valence-electron chi connectivity index (χ4n) is 2.83. The Kier molecular flexibility index (Phi) is 5.86. The molecule has 3 rings (SSSR count). The molecule has 0 fully saturated rings. The van der Waals surface area contributed by atoms with Gasteiger partial charge in [0.15, 0.2) is 12.4 Å². The lowest BCUT2D eigenvalue weighted by atomic mass is 9.87. The average Bonchev–Trinajstić information content (AvgIpc) is 3.16. The summed E-state index contributed by atoms with van der Waals surface area (Å²) in [6.07, 6.45) is 1.65. The fourth-order valence-corrected chi connectivity index (χ4v) is 2.83. The largest absolute Gasteiger partial charge is 0.471 e. The van der Waals surface area contributed by atoms with Crippen LogP contribution in [0.3, 0.4) is 0 Å². The first-order chi connectivity index (χ1) is 14.1. The van der Waals surface area contributed by atoms with Crippen molar-refractivity contribution >= 4 is 17.3 Å². The lowest BCUT2D eigenvalue weighted by Gasteiger charge is -2.19. The number of carbonyl (C=O) groups is 1. The number of nitrogens with zero attached hydrogens (tertiary/aromatic N) is 3. The highest BCUT2D eigenvalue weighted by Crippen LogP contribution is 2.24. The number of anilines is 1. The molecule has 8 nitrogen and oxygen atoms in total. The zero-order valence-corrected chi connectivity index (χ0v) is 17.4. The summed E-state index contributed by atoms with van der Waals surface area (Å²) in [5.74, 6) is 0.311. The van der Waals surface area contributed by atoms with E-state index in [1.54, 1.807) is 19.2 Å². The van der Waals surface area contributed by atoms with Crippen LogP contribution in [-0.4, -0.2) is 20.6 Å². The molecule has 2 aromatic carbocycles. The maximum absolute atomic E-state index is 12.4. The molecule has 3 aromatic rings. The quantitative estimate of drug-likeness (QED) is 0.471. The number of carbonyl (C=O) groups excluding carboxylic acids is 1. The molecule has 1 heterocycles. The van der Waals surface area contributed by atoms with E-state index in [9.17, 15) is 14.9 Å². The standard InChI is InChI=1S/C22H24N4O4/c1-15-13-17(26(28)29)7-10-19(15)23-21(27)20-11-12-25(24-20)14-30-18-8-5-16(6-9-18)22(2,3)4/h5-13H,14H2,1-4H3,(H,23,27). The number of non-ortho nitro benzene ring substituents is 1. The number of hydrogen-bond acceptors (Lipinski definition) is 5. The van der Waals surface area contributed by atoms with Gasteiger partial charge in [-0.3, -0.25) is 14.9 Å². The third-order valence-electron chi connectivity index (χ3n) is 4.63. The highest BCUT2D eigenvalue weighted by molar-refractivity contribution is 6.03. The molecular weight excluding hydrogens is 384 g/mol. The number of amides is 1. The van der Waals surface area contributed by atoms with Crippen molar-refractivity contribution in [2.24, 2.45) is 0 Å². The van der Waals surface area contributed by atoms with Crippen molar-refractivity contribution in [3.8, 4) is 5.75 Å². The van der Waals surface area contributed by atoms with Gasteiger partial charge in [-0.1, -0.05) is 32.9 Å². The van der Waals surface area contributed by atoms with Crippen molar-refractivity contribution in [3.63, 3.8) is 0 Å². The van der Waals surface area contributed by atoms with Gasteiger partial charge in [0.25, 0.3) is 11.6 Å². The van der Waals surface area contributed by atoms with Crippen LogP contribution in [0.2, 0.25) is 0 Å². The molecule has 0 aliphatic carbocycles. The van der Waals surface area contributed by atoms with Crippen molar-refractivity contribution in [1.29, 1.82) is 0 Å². The van der Waals surface area contributed by atoms with Crippen LogP contribution in [0.1, 0.15) is 42.4 Å². The Hall–Kier alpha value is -3.68. The molecule has 0 saturated carbocycles. The van der Waals surface area contributed by atoms with Gasteiger partial charge >= 0.3 is 0 Å². The monoisotopic (exact) mass is 408 g/mol. The Morgan fingerprint density at radius 3 is 2.47 bits per heavy atom. The highest BCUT2D eigenvalue weighted by Gasteiger charge is 2.15. The Morgan fingerprint density at radius 2 is 1.87 bits per heavy atom. The molecular formula is C22H24N4O4. The van der Waals surface area contributed by atoms with Gasteiger partial charge in [0, 0.05) is 24.0 Å². The smallest absolute Gasteiger partial charge is 0.276 e. The van der Waals surface area contributed by atoms with E-state index in [2.05, 4.69) is 31.2 Å². The lowest BCUT2D eigenvalue weighted by Crippen LogP contribution is -2.15. The molecule has 1 aromatic heterocycles. The number of aryl methyl sites for hydroxylation is 1. The predicted octanol–water partition coefficient (Wildman–Crippen LogP) is 4.69. The lowest BCUT2D eigenvalue weighted by molar-refractivity contribution is -0.384. The number of ether oxygens (including phenoxy) is 1. The molecule has 0 bridgehead atoms. The summed E-state index contributed by atoms with van der Waals surface area (Å²) < 4.78 is 7.25. The van der Waals surface area contributed by atoms with Crippen molar-refractivity contribution in [2.45, 2.75) is 39.8 Å². The van der Waals surface area contributed by atoms with Crippen LogP contribution in [0.15, 0.2) is 54.7 Å². The zero-order chi connectivity index (χ0) is 21.9. The first-order valence-electron chi connectivity index (χ1n) is 9.47. The first-order valence-corrected chi connectivity index (χ1v) is 9.47. The summed E-state index contributed by atoms with van der Waals surface area (Å²) >= 11 is 0. The second-order valence-electron chi connectivity index (χ2n) is 8.00. The number of nitro benzene ring substituents is 1. The van der Waals surface area contributed by atoms with Gasteiger partial charge < -0.3 is 10.1 Å². The minimum atomic E-state index is -0.475. The topological polar surface area (TPSA) is 99.3 Å². The van der Waals surface area contributed by atoms with Crippen LogP contribution in [0.4, 0.5) is 11.4 Å². The molecule has 0 aliphatic rings. The summed E-state index contributed by atoms with van der Waals surface area (Å²) in [7, 11) is 0. The van der Waals surface area contributed by atoms with E-state index in [1.165, 1.54) is 28.4 Å². The SMILES string of the molecule is Cc1cc([N+](=O)[O-])ccc1NC(=O)c1ccn(COc2ccc(C(C)(C)C)cc2)n1. The van der Waals surface area contributed by atoms with Crippen LogP contribution < -0.4 is 10.1 Å². The zero-order valence-electron chi connectivity index (χ0n) is 17.4. The van der Waals surface area contributed by atoms with Crippen LogP contribution >= 0.6 is 0 Å². The molecule has 0 atom stereocenters. The third kappa shape index (κ3) is 5.02. The second kappa shape index (κ2) is 8.36. The van der Waals surface area contributed by atoms with E-state index >= 15 is 0 Å². The van der Waals surface area contributed by atoms with Crippen molar-refractivity contribution < 1.29 is 14.5 Å². The van der Waals surface area contributed by atoms with Crippen molar-refractivity contribution in [1.82, 2.24) is 9.78 Å². The van der Waals surface area contributed by atoms with Gasteiger partial charge in [0.1, 0.15) is 5.75 Å². The number of hydrogen-bond donors (Lipinski definition) is 1. The first kappa shape index (κ1) is 21.0. The predicted molar refractivity (Wildman–Crippen MR) is 114 cm³/mol. The minimum Gasteiger partial charge on any atom is -0.471 e. The van der Waals surface area contributed by atoms with Crippen LogP contribution in [0, 0.1) is 17.0 Å². The van der Waals surface area contributed by atoms with Gasteiger partial charge in [-0.05, 0) is 47.7 Å². The van der Waals surface area contributed by atoms with Gasteiger partial charge in [0.2, 0.25) is 0 Å². The number of nitrogens with one attached hydrogen (secondary N) is 1.